The Labute approximate surface area is 92.8 Å². The van der Waals surface area contributed by atoms with Crippen LogP contribution in [-0.2, 0) is 9.53 Å². The van der Waals surface area contributed by atoms with Crippen LogP contribution < -0.4 is 5.73 Å². The summed E-state index contributed by atoms with van der Waals surface area (Å²) in [6.07, 6.45) is 0.201. The highest BCUT2D eigenvalue weighted by molar-refractivity contribution is 5.81. The normalized spacial score (nSPS) is 13.3. The van der Waals surface area contributed by atoms with Gasteiger partial charge in [-0.05, 0) is 19.8 Å². The van der Waals surface area contributed by atoms with E-state index >= 15 is 0 Å². The van der Waals surface area contributed by atoms with Crippen molar-refractivity contribution >= 4 is 5.91 Å². The number of amides is 1. The van der Waals surface area contributed by atoms with Crippen molar-refractivity contribution in [2.24, 2.45) is 11.7 Å². The minimum Gasteiger partial charge on any atom is -0.377 e. The summed E-state index contributed by atoms with van der Waals surface area (Å²) >= 11 is 0. The average Bonchev–Trinajstić information content (AvgIpc) is 2.14. The number of hydrogen-bond acceptors (Lipinski definition) is 3. The summed E-state index contributed by atoms with van der Waals surface area (Å²) in [5.74, 6) is 0.156. The molecule has 0 heterocycles. The minimum absolute atomic E-state index is 0.0163. The molecule has 0 aromatic carbocycles. The lowest BCUT2D eigenvalue weighted by Crippen LogP contribution is -2.45. The number of carbonyl (C=O) groups is 1. The third-order valence-corrected chi connectivity index (χ3v) is 2.26. The van der Waals surface area contributed by atoms with Crippen LogP contribution in [0.3, 0.4) is 0 Å². The van der Waals surface area contributed by atoms with E-state index in [-0.39, 0.29) is 17.9 Å². The molecule has 0 bridgehead atoms. The second-order valence-electron chi connectivity index (χ2n) is 4.45. The highest BCUT2D eigenvalue weighted by Crippen LogP contribution is 2.02. The Hall–Kier alpha value is -0.610. The van der Waals surface area contributed by atoms with Crippen LogP contribution in [0.15, 0.2) is 0 Å². The molecule has 0 aliphatic carbocycles. The van der Waals surface area contributed by atoms with E-state index in [1.54, 1.807) is 11.9 Å². The fourth-order valence-corrected chi connectivity index (χ4v) is 1.08. The summed E-state index contributed by atoms with van der Waals surface area (Å²) in [5, 5.41) is 0. The largest absolute Gasteiger partial charge is 0.377 e. The molecule has 0 unspecified atom stereocenters. The second kappa shape index (κ2) is 6.80. The molecule has 0 fully saturated rings. The Bertz CT molecular complexity index is 193. The van der Waals surface area contributed by atoms with E-state index in [0.717, 1.165) is 0 Å². The van der Waals surface area contributed by atoms with Crippen LogP contribution >= 0.6 is 0 Å². The maximum atomic E-state index is 11.7. The molecule has 0 saturated heterocycles. The Kier molecular flexibility index (Phi) is 6.52. The molecule has 2 N–H and O–H groups in total. The Balaban J connectivity index is 3.89. The van der Waals surface area contributed by atoms with Crippen molar-refractivity contribution in [2.45, 2.75) is 39.8 Å². The fraction of sp³-hybridized carbons (Fsp3) is 0.909. The molecule has 0 radical (unpaired) electrons. The zero-order chi connectivity index (χ0) is 12.0. The third-order valence-electron chi connectivity index (χ3n) is 2.26. The van der Waals surface area contributed by atoms with Gasteiger partial charge in [0, 0.05) is 13.6 Å². The SMILES string of the molecule is CC(C)OCCN(C)C(=O)[C@H](N)C(C)C. The van der Waals surface area contributed by atoms with Gasteiger partial charge < -0.3 is 15.4 Å². The van der Waals surface area contributed by atoms with Crippen molar-refractivity contribution in [3.8, 4) is 0 Å². The van der Waals surface area contributed by atoms with Gasteiger partial charge in [0.1, 0.15) is 0 Å². The first-order valence-electron chi connectivity index (χ1n) is 5.48. The molecule has 0 aliphatic rings. The summed E-state index contributed by atoms with van der Waals surface area (Å²) in [5.41, 5.74) is 5.76. The first-order chi connectivity index (χ1) is 6.86. The van der Waals surface area contributed by atoms with Crippen molar-refractivity contribution in [1.29, 1.82) is 0 Å². The second-order valence-corrected chi connectivity index (χ2v) is 4.45. The lowest BCUT2D eigenvalue weighted by Gasteiger charge is -2.23. The number of rotatable bonds is 6. The van der Waals surface area contributed by atoms with E-state index in [1.165, 1.54) is 0 Å². The monoisotopic (exact) mass is 216 g/mol. The Morgan fingerprint density at radius 1 is 1.33 bits per heavy atom. The van der Waals surface area contributed by atoms with Crippen LogP contribution in [0.25, 0.3) is 0 Å². The Morgan fingerprint density at radius 3 is 2.27 bits per heavy atom. The molecular formula is C11H24N2O2. The summed E-state index contributed by atoms with van der Waals surface area (Å²) in [6.45, 7) is 8.99. The van der Waals surface area contributed by atoms with Crippen LogP contribution in [0.1, 0.15) is 27.7 Å². The van der Waals surface area contributed by atoms with Crippen molar-refractivity contribution < 1.29 is 9.53 Å². The predicted octanol–water partition coefficient (Wildman–Crippen LogP) is 0.853. The number of carbonyl (C=O) groups excluding carboxylic acids is 1. The molecule has 4 heteroatoms. The smallest absolute Gasteiger partial charge is 0.239 e. The molecular weight excluding hydrogens is 192 g/mol. The van der Waals surface area contributed by atoms with E-state index in [2.05, 4.69) is 0 Å². The van der Waals surface area contributed by atoms with Crippen LogP contribution in [-0.4, -0.2) is 43.2 Å². The van der Waals surface area contributed by atoms with Gasteiger partial charge >= 0.3 is 0 Å². The Morgan fingerprint density at radius 2 is 1.87 bits per heavy atom. The highest BCUT2D eigenvalue weighted by atomic mass is 16.5. The first-order valence-corrected chi connectivity index (χ1v) is 5.48. The number of hydrogen-bond donors (Lipinski definition) is 1. The van der Waals surface area contributed by atoms with Gasteiger partial charge in [-0.25, -0.2) is 0 Å². The van der Waals surface area contributed by atoms with Crippen LogP contribution in [0.4, 0.5) is 0 Å². The maximum absolute atomic E-state index is 11.7. The predicted molar refractivity (Wildman–Crippen MR) is 61.5 cm³/mol. The van der Waals surface area contributed by atoms with E-state index in [9.17, 15) is 4.79 Å². The van der Waals surface area contributed by atoms with Gasteiger partial charge in [-0.3, -0.25) is 4.79 Å². The zero-order valence-corrected chi connectivity index (χ0v) is 10.5. The van der Waals surface area contributed by atoms with Gasteiger partial charge in [-0.1, -0.05) is 13.8 Å². The lowest BCUT2D eigenvalue weighted by atomic mass is 10.0. The molecule has 0 aliphatic heterocycles. The van der Waals surface area contributed by atoms with E-state index in [1.807, 2.05) is 27.7 Å². The molecule has 1 amide bonds. The van der Waals surface area contributed by atoms with Gasteiger partial charge in [-0.2, -0.15) is 0 Å². The molecule has 15 heavy (non-hydrogen) atoms. The van der Waals surface area contributed by atoms with Gasteiger partial charge in [0.15, 0.2) is 0 Å². The lowest BCUT2D eigenvalue weighted by molar-refractivity contribution is -0.133. The van der Waals surface area contributed by atoms with Gasteiger partial charge in [0.05, 0.1) is 18.8 Å². The standard InChI is InChI=1S/C11H24N2O2/c1-8(2)10(12)11(14)13(5)6-7-15-9(3)4/h8-10H,6-7,12H2,1-5H3/t10-/m1/s1. The fourth-order valence-electron chi connectivity index (χ4n) is 1.08. The number of nitrogens with zero attached hydrogens (tertiary/aromatic N) is 1. The van der Waals surface area contributed by atoms with E-state index < -0.39 is 6.04 Å². The highest BCUT2D eigenvalue weighted by Gasteiger charge is 2.20. The minimum atomic E-state index is -0.408. The third kappa shape index (κ3) is 5.74. The molecule has 0 rings (SSSR count). The summed E-state index contributed by atoms with van der Waals surface area (Å²) in [4.78, 5) is 13.3. The van der Waals surface area contributed by atoms with Crippen molar-refractivity contribution in [3.05, 3.63) is 0 Å². The van der Waals surface area contributed by atoms with Crippen LogP contribution in [0, 0.1) is 5.92 Å². The molecule has 4 nitrogen and oxygen atoms in total. The zero-order valence-electron chi connectivity index (χ0n) is 10.5. The molecule has 0 aromatic heterocycles. The van der Waals surface area contributed by atoms with E-state index in [0.29, 0.717) is 13.2 Å². The van der Waals surface area contributed by atoms with Crippen molar-refractivity contribution in [3.63, 3.8) is 0 Å². The first kappa shape index (κ1) is 14.4. The quantitative estimate of drug-likeness (QED) is 0.716. The summed E-state index contributed by atoms with van der Waals surface area (Å²) < 4.78 is 5.37. The molecule has 0 aromatic rings. The number of likely N-dealkylation sites (N-methyl/N-ethyl adjacent to an activating group) is 1. The maximum Gasteiger partial charge on any atom is 0.239 e. The van der Waals surface area contributed by atoms with Crippen molar-refractivity contribution in [1.82, 2.24) is 4.90 Å². The molecule has 0 saturated carbocycles. The molecule has 90 valence electrons. The molecule has 0 spiro atoms. The number of nitrogens with two attached hydrogens (primary N) is 1. The topological polar surface area (TPSA) is 55.6 Å². The van der Waals surface area contributed by atoms with Gasteiger partial charge in [0.25, 0.3) is 0 Å². The van der Waals surface area contributed by atoms with Crippen LogP contribution in [0.2, 0.25) is 0 Å². The van der Waals surface area contributed by atoms with Gasteiger partial charge in [0.2, 0.25) is 5.91 Å². The molecule has 1 atom stereocenters. The summed E-state index contributed by atoms with van der Waals surface area (Å²) in [7, 11) is 1.76. The number of ether oxygens (including phenoxy) is 1. The average molecular weight is 216 g/mol. The van der Waals surface area contributed by atoms with Crippen molar-refractivity contribution in [2.75, 3.05) is 20.2 Å². The summed E-state index contributed by atoms with van der Waals surface area (Å²) in [6, 6.07) is -0.408. The van der Waals surface area contributed by atoms with Gasteiger partial charge in [-0.15, -0.1) is 0 Å². The van der Waals surface area contributed by atoms with E-state index in [4.69, 9.17) is 10.5 Å². The van der Waals surface area contributed by atoms with Crippen LogP contribution in [0.5, 0.6) is 0 Å².